The Morgan fingerprint density at radius 3 is 2.72 bits per heavy atom. The number of hydrogen-bond donors (Lipinski definition) is 0. The Morgan fingerprint density at radius 2 is 2.06 bits per heavy atom. The Kier molecular flexibility index (Phi) is 3.37. The molecule has 94 valence electrons. The number of hydrogen-bond acceptors (Lipinski definition) is 2. The monoisotopic (exact) mass is 243 g/mol. The van der Waals surface area contributed by atoms with Gasteiger partial charge in [0.2, 0.25) is 0 Å². The lowest BCUT2D eigenvalue weighted by Crippen LogP contribution is -2.40. The Balaban J connectivity index is 2.08. The molecule has 1 aliphatic rings. The van der Waals surface area contributed by atoms with Crippen molar-refractivity contribution in [3.05, 3.63) is 29.3 Å². The van der Waals surface area contributed by atoms with Crippen molar-refractivity contribution < 1.29 is 9.53 Å². The van der Waals surface area contributed by atoms with E-state index in [1.165, 1.54) is 5.56 Å². The van der Waals surface area contributed by atoms with E-state index in [0.29, 0.717) is 13.1 Å². The smallest absolute Gasteiger partial charge is 0.410 e. The van der Waals surface area contributed by atoms with Crippen molar-refractivity contribution in [2.24, 2.45) is 0 Å². The van der Waals surface area contributed by atoms with E-state index >= 15 is 0 Å². The molecule has 3 nitrogen and oxygen atoms in total. The van der Waals surface area contributed by atoms with E-state index in [1.54, 1.807) is 4.90 Å². The molecule has 1 aliphatic heterocycles. The standard InChI is InChI=1S/C14H18BNO2/c1-14(2,3)18-13(17)16-7-6-10-8-12(15)5-4-11(10)9-16/h4-5,8H,6-7,9H2,1-3H3. The fraction of sp³-hybridized carbons (Fsp3) is 0.500. The molecule has 1 aromatic carbocycles. The highest BCUT2D eigenvalue weighted by Gasteiger charge is 2.25. The number of ether oxygens (including phenoxy) is 1. The van der Waals surface area contributed by atoms with Crippen LogP contribution in [-0.4, -0.2) is 31.0 Å². The zero-order valence-electron chi connectivity index (χ0n) is 11.2. The summed E-state index contributed by atoms with van der Waals surface area (Å²) < 4.78 is 5.38. The molecule has 0 aromatic heterocycles. The lowest BCUT2D eigenvalue weighted by molar-refractivity contribution is 0.0224. The van der Waals surface area contributed by atoms with Crippen LogP contribution in [0.3, 0.4) is 0 Å². The molecule has 0 N–H and O–H groups in total. The zero-order valence-corrected chi connectivity index (χ0v) is 11.2. The second-order valence-electron chi connectivity index (χ2n) is 5.68. The van der Waals surface area contributed by atoms with Crippen molar-refractivity contribution in [1.29, 1.82) is 0 Å². The number of carbonyl (C=O) groups is 1. The van der Waals surface area contributed by atoms with E-state index < -0.39 is 5.60 Å². The molecule has 0 fully saturated rings. The topological polar surface area (TPSA) is 29.5 Å². The molecule has 0 spiro atoms. The van der Waals surface area contributed by atoms with E-state index in [4.69, 9.17) is 12.6 Å². The van der Waals surface area contributed by atoms with Gasteiger partial charge < -0.3 is 9.64 Å². The number of fused-ring (bicyclic) bond motifs is 1. The van der Waals surface area contributed by atoms with Gasteiger partial charge in [-0.3, -0.25) is 0 Å². The molecule has 0 unspecified atom stereocenters. The number of carbonyl (C=O) groups excluding carboxylic acids is 1. The van der Waals surface area contributed by atoms with Crippen molar-refractivity contribution in [2.75, 3.05) is 6.54 Å². The average Bonchev–Trinajstić information content (AvgIpc) is 2.26. The average molecular weight is 243 g/mol. The van der Waals surface area contributed by atoms with Crippen LogP contribution in [0.2, 0.25) is 0 Å². The summed E-state index contributed by atoms with van der Waals surface area (Å²) in [7, 11) is 5.75. The van der Waals surface area contributed by atoms with Gasteiger partial charge in [-0.15, -0.1) is 0 Å². The van der Waals surface area contributed by atoms with Crippen LogP contribution in [0.1, 0.15) is 31.9 Å². The molecule has 0 atom stereocenters. The van der Waals surface area contributed by atoms with Gasteiger partial charge in [-0.2, -0.15) is 0 Å². The van der Waals surface area contributed by atoms with Gasteiger partial charge in [-0.25, -0.2) is 4.79 Å². The summed E-state index contributed by atoms with van der Waals surface area (Å²) in [6.45, 7) is 6.92. The minimum atomic E-state index is -0.446. The van der Waals surface area contributed by atoms with Gasteiger partial charge in [0, 0.05) is 13.1 Å². The highest BCUT2D eigenvalue weighted by molar-refractivity contribution is 6.32. The first kappa shape index (κ1) is 13.0. The van der Waals surface area contributed by atoms with Crippen LogP contribution in [-0.2, 0) is 17.7 Å². The third-order valence-electron chi connectivity index (χ3n) is 2.89. The summed E-state index contributed by atoms with van der Waals surface area (Å²) in [6, 6.07) is 5.85. The molecule has 18 heavy (non-hydrogen) atoms. The molecule has 2 rings (SSSR count). The summed E-state index contributed by atoms with van der Waals surface area (Å²) >= 11 is 0. The van der Waals surface area contributed by atoms with Gasteiger partial charge >= 0.3 is 6.09 Å². The maximum atomic E-state index is 12.0. The minimum Gasteiger partial charge on any atom is -0.444 e. The normalized spacial score (nSPS) is 15.2. The van der Waals surface area contributed by atoms with Crippen LogP contribution >= 0.6 is 0 Å². The first-order chi connectivity index (χ1) is 8.35. The van der Waals surface area contributed by atoms with Crippen LogP contribution in [0.4, 0.5) is 4.79 Å². The van der Waals surface area contributed by atoms with Crippen LogP contribution in [0.25, 0.3) is 0 Å². The Bertz CT molecular complexity index is 465. The van der Waals surface area contributed by atoms with Gasteiger partial charge in [-0.1, -0.05) is 23.7 Å². The summed E-state index contributed by atoms with van der Waals surface area (Å²) in [5, 5.41) is 0. The van der Waals surface area contributed by atoms with Gasteiger partial charge in [-0.05, 0) is 38.3 Å². The largest absolute Gasteiger partial charge is 0.444 e. The first-order valence-electron chi connectivity index (χ1n) is 6.20. The van der Waals surface area contributed by atoms with Crippen molar-refractivity contribution in [2.45, 2.75) is 39.3 Å². The van der Waals surface area contributed by atoms with E-state index in [-0.39, 0.29) is 6.09 Å². The summed E-state index contributed by atoms with van der Waals surface area (Å²) in [5.41, 5.74) is 2.72. The van der Waals surface area contributed by atoms with E-state index in [1.807, 2.05) is 39.0 Å². The molecular weight excluding hydrogens is 225 g/mol. The Morgan fingerprint density at radius 1 is 1.33 bits per heavy atom. The quantitative estimate of drug-likeness (QED) is 0.650. The van der Waals surface area contributed by atoms with Crippen molar-refractivity contribution >= 4 is 19.4 Å². The number of benzene rings is 1. The fourth-order valence-corrected chi connectivity index (χ4v) is 2.06. The maximum Gasteiger partial charge on any atom is 0.410 e. The molecule has 4 heteroatoms. The zero-order chi connectivity index (χ0) is 13.3. The summed E-state index contributed by atoms with van der Waals surface area (Å²) in [5.74, 6) is 0. The van der Waals surface area contributed by atoms with E-state index in [9.17, 15) is 4.79 Å². The highest BCUT2D eigenvalue weighted by Crippen LogP contribution is 2.20. The SMILES string of the molecule is [B]c1ccc2c(c1)CCN(C(=O)OC(C)(C)C)C2. The van der Waals surface area contributed by atoms with Gasteiger partial charge in [0.15, 0.2) is 0 Å². The molecule has 0 saturated carbocycles. The third kappa shape index (κ3) is 3.06. The second-order valence-corrected chi connectivity index (χ2v) is 5.68. The molecule has 2 radical (unpaired) electrons. The number of amides is 1. The first-order valence-corrected chi connectivity index (χ1v) is 6.20. The molecule has 0 aliphatic carbocycles. The van der Waals surface area contributed by atoms with Crippen molar-refractivity contribution in [1.82, 2.24) is 4.90 Å². The third-order valence-corrected chi connectivity index (χ3v) is 2.89. The van der Waals surface area contributed by atoms with Gasteiger partial charge in [0.25, 0.3) is 0 Å². The Labute approximate surface area is 110 Å². The maximum absolute atomic E-state index is 12.0. The predicted octanol–water partition coefficient (Wildman–Crippen LogP) is 1.77. The molecule has 0 saturated heterocycles. The lowest BCUT2D eigenvalue weighted by Gasteiger charge is -2.31. The summed E-state index contributed by atoms with van der Waals surface area (Å²) in [6.07, 6.45) is 0.588. The molecule has 1 heterocycles. The second kappa shape index (κ2) is 4.67. The summed E-state index contributed by atoms with van der Waals surface area (Å²) in [4.78, 5) is 13.7. The van der Waals surface area contributed by atoms with Gasteiger partial charge in [0.05, 0.1) is 0 Å². The molecular formula is C14H18BNO2. The predicted molar refractivity (Wildman–Crippen MR) is 72.2 cm³/mol. The Hall–Kier alpha value is -1.45. The molecule has 1 aromatic rings. The van der Waals surface area contributed by atoms with Crippen molar-refractivity contribution in [3.63, 3.8) is 0 Å². The van der Waals surface area contributed by atoms with E-state index in [0.717, 1.165) is 17.4 Å². The molecule has 0 bridgehead atoms. The minimum absolute atomic E-state index is 0.245. The van der Waals surface area contributed by atoms with Gasteiger partial charge in [0.1, 0.15) is 13.4 Å². The van der Waals surface area contributed by atoms with Crippen LogP contribution in [0.15, 0.2) is 18.2 Å². The van der Waals surface area contributed by atoms with Crippen molar-refractivity contribution in [3.8, 4) is 0 Å². The molecule has 1 amide bonds. The van der Waals surface area contributed by atoms with Crippen LogP contribution in [0.5, 0.6) is 0 Å². The number of rotatable bonds is 0. The lowest BCUT2D eigenvalue weighted by atomic mass is 9.89. The van der Waals surface area contributed by atoms with Crippen LogP contribution < -0.4 is 5.46 Å². The van der Waals surface area contributed by atoms with Crippen LogP contribution in [0, 0.1) is 0 Å². The fourth-order valence-electron chi connectivity index (χ4n) is 2.06. The number of nitrogens with zero attached hydrogens (tertiary/aromatic N) is 1. The van der Waals surface area contributed by atoms with E-state index in [2.05, 4.69) is 0 Å². The highest BCUT2D eigenvalue weighted by atomic mass is 16.6.